The third-order valence-electron chi connectivity index (χ3n) is 4.76. The summed E-state index contributed by atoms with van der Waals surface area (Å²) in [5.74, 6) is 1.45. The molecule has 1 aromatic carbocycles. The van der Waals surface area contributed by atoms with E-state index in [0.29, 0.717) is 12.5 Å². The van der Waals surface area contributed by atoms with Gasteiger partial charge in [0.05, 0.1) is 7.11 Å². The van der Waals surface area contributed by atoms with Crippen LogP contribution in [0, 0.1) is 5.92 Å². The molecule has 1 fully saturated rings. The van der Waals surface area contributed by atoms with Crippen LogP contribution in [-0.2, 0) is 13.0 Å². The Hall–Kier alpha value is -2.50. The molecule has 6 nitrogen and oxygen atoms in total. The van der Waals surface area contributed by atoms with E-state index < -0.39 is 0 Å². The maximum Gasteiger partial charge on any atom is 0.317 e. The number of hydrogen-bond acceptors (Lipinski definition) is 3. The molecule has 0 unspecified atom stereocenters. The van der Waals surface area contributed by atoms with Gasteiger partial charge in [-0.2, -0.15) is 5.10 Å². The lowest BCUT2D eigenvalue weighted by Crippen LogP contribution is -2.45. The molecular weight excluding hydrogens is 316 g/mol. The summed E-state index contributed by atoms with van der Waals surface area (Å²) >= 11 is 0. The summed E-state index contributed by atoms with van der Waals surface area (Å²) in [5.41, 5.74) is 1.19. The lowest BCUT2D eigenvalue weighted by Gasteiger charge is -2.32. The van der Waals surface area contributed by atoms with E-state index in [2.05, 4.69) is 10.4 Å². The minimum Gasteiger partial charge on any atom is -0.497 e. The summed E-state index contributed by atoms with van der Waals surface area (Å²) in [6.07, 6.45) is 6.70. The Morgan fingerprint density at radius 1 is 1.28 bits per heavy atom. The molecule has 2 heterocycles. The van der Waals surface area contributed by atoms with Crippen molar-refractivity contribution in [2.45, 2.75) is 25.8 Å². The molecule has 0 saturated carbocycles. The van der Waals surface area contributed by atoms with Crippen molar-refractivity contribution in [3.05, 3.63) is 48.3 Å². The summed E-state index contributed by atoms with van der Waals surface area (Å²) in [5, 5.41) is 7.29. The number of amides is 2. The van der Waals surface area contributed by atoms with E-state index >= 15 is 0 Å². The van der Waals surface area contributed by atoms with E-state index in [0.717, 1.165) is 44.6 Å². The third-order valence-corrected chi connectivity index (χ3v) is 4.76. The van der Waals surface area contributed by atoms with E-state index in [9.17, 15) is 4.79 Å². The lowest BCUT2D eigenvalue weighted by molar-refractivity contribution is 0.164. The zero-order valence-electron chi connectivity index (χ0n) is 14.7. The van der Waals surface area contributed by atoms with Crippen molar-refractivity contribution in [1.82, 2.24) is 20.0 Å². The second-order valence-electron chi connectivity index (χ2n) is 6.49. The topological polar surface area (TPSA) is 59.4 Å². The number of carbonyl (C=O) groups is 1. The molecule has 1 aromatic heterocycles. The Morgan fingerprint density at radius 3 is 2.68 bits per heavy atom. The van der Waals surface area contributed by atoms with E-state index in [4.69, 9.17) is 4.74 Å². The summed E-state index contributed by atoms with van der Waals surface area (Å²) in [7, 11) is 1.66. The number of urea groups is 1. The van der Waals surface area contributed by atoms with Crippen LogP contribution in [0.1, 0.15) is 18.4 Å². The average Bonchev–Trinajstić information content (AvgIpc) is 3.16. The molecule has 0 spiro atoms. The standard InChI is InChI=1S/C19H26N4O2/c1-25-18-5-3-16(4-6-18)7-11-20-19(24)22-13-8-17(9-14-22)15-23-12-2-10-21-23/h2-6,10,12,17H,7-9,11,13-15H2,1H3,(H,20,24). The maximum atomic E-state index is 12.3. The highest BCUT2D eigenvalue weighted by molar-refractivity contribution is 5.74. The molecule has 1 saturated heterocycles. The van der Waals surface area contributed by atoms with Gasteiger partial charge in [-0.05, 0) is 48.9 Å². The molecule has 0 radical (unpaired) electrons. The van der Waals surface area contributed by atoms with Crippen molar-refractivity contribution in [3.63, 3.8) is 0 Å². The summed E-state index contributed by atoms with van der Waals surface area (Å²) in [6, 6.07) is 9.96. The smallest absolute Gasteiger partial charge is 0.317 e. The fourth-order valence-electron chi connectivity index (χ4n) is 3.21. The van der Waals surface area contributed by atoms with Crippen LogP contribution in [0.3, 0.4) is 0 Å². The number of nitrogens with one attached hydrogen (secondary N) is 1. The van der Waals surface area contributed by atoms with Crippen molar-refractivity contribution >= 4 is 6.03 Å². The molecule has 3 rings (SSSR count). The number of carbonyl (C=O) groups excluding carboxylic acids is 1. The quantitative estimate of drug-likeness (QED) is 0.878. The first-order valence-electron chi connectivity index (χ1n) is 8.88. The Kier molecular flexibility index (Phi) is 5.93. The maximum absolute atomic E-state index is 12.3. The molecule has 0 aliphatic carbocycles. The van der Waals surface area contributed by atoms with Gasteiger partial charge in [0.25, 0.3) is 0 Å². The Balaban J connectivity index is 1.36. The number of aromatic nitrogens is 2. The third kappa shape index (κ3) is 4.98. The van der Waals surface area contributed by atoms with Crippen LogP contribution < -0.4 is 10.1 Å². The number of benzene rings is 1. The molecular formula is C19H26N4O2. The zero-order chi connectivity index (χ0) is 17.5. The Bertz CT molecular complexity index is 647. The predicted octanol–water partition coefficient (Wildman–Crippen LogP) is 2.56. The van der Waals surface area contributed by atoms with E-state index in [1.807, 2.05) is 52.3 Å². The van der Waals surface area contributed by atoms with E-state index in [1.54, 1.807) is 7.11 Å². The Labute approximate surface area is 148 Å². The fraction of sp³-hybridized carbons (Fsp3) is 0.474. The van der Waals surface area contributed by atoms with E-state index in [-0.39, 0.29) is 6.03 Å². The van der Waals surface area contributed by atoms with Crippen molar-refractivity contribution in [2.24, 2.45) is 5.92 Å². The number of hydrogen-bond donors (Lipinski definition) is 1. The van der Waals surface area contributed by atoms with Gasteiger partial charge in [0, 0.05) is 38.6 Å². The molecule has 6 heteroatoms. The lowest BCUT2D eigenvalue weighted by atomic mass is 9.97. The van der Waals surface area contributed by atoms with Gasteiger partial charge in [-0.15, -0.1) is 0 Å². The van der Waals surface area contributed by atoms with Crippen LogP contribution >= 0.6 is 0 Å². The van der Waals surface area contributed by atoms with Crippen LogP contribution in [0.15, 0.2) is 42.7 Å². The SMILES string of the molecule is COc1ccc(CCNC(=O)N2CCC(Cn3cccn3)CC2)cc1. The highest BCUT2D eigenvalue weighted by atomic mass is 16.5. The summed E-state index contributed by atoms with van der Waals surface area (Å²) < 4.78 is 7.13. The zero-order valence-corrected chi connectivity index (χ0v) is 14.7. The molecule has 1 aliphatic heterocycles. The average molecular weight is 342 g/mol. The van der Waals surface area contributed by atoms with Crippen molar-refractivity contribution in [3.8, 4) is 5.75 Å². The molecule has 2 aromatic rings. The van der Waals surface area contributed by atoms with Gasteiger partial charge in [-0.3, -0.25) is 4.68 Å². The van der Waals surface area contributed by atoms with Crippen LogP contribution in [0.5, 0.6) is 5.75 Å². The van der Waals surface area contributed by atoms with Gasteiger partial charge < -0.3 is 15.0 Å². The number of rotatable bonds is 6. The molecule has 1 N–H and O–H groups in total. The molecule has 2 amide bonds. The highest BCUT2D eigenvalue weighted by Gasteiger charge is 2.22. The normalized spacial score (nSPS) is 15.2. The second kappa shape index (κ2) is 8.55. The van der Waals surface area contributed by atoms with Crippen LogP contribution in [0.2, 0.25) is 0 Å². The molecule has 25 heavy (non-hydrogen) atoms. The largest absolute Gasteiger partial charge is 0.497 e. The van der Waals surface area contributed by atoms with Gasteiger partial charge in [-0.25, -0.2) is 4.79 Å². The minimum atomic E-state index is 0.0473. The van der Waals surface area contributed by atoms with Crippen LogP contribution in [-0.4, -0.2) is 47.5 Å². The first-order valence-corrected chi connectivity index (χ1v) is 8.88. The summed E-state index contributed by atoms with van der Waals surface area (Å²) in [4.78, 5) is 14.2. The Morgan fingerprint density at radius 2 is 2.04 bits per heavy atom. The van der Waals surface area contributed by atoms with Gasteiger partial charge in [-0.1, -0.05) is 12.1 Å². The van der Waals surface area contributed by atoms with Crippen LogP contribution in [0.25, 0.3) is 0 Å². The van der Waals surface area contributed by atoms with Crippen molar-refractivity contribution in [2.75, 3.05) is 26.7 Å². The predicted molar refractivity (Wildman–Crippen MR) is 96.6 cm³/mol. The van der Waals surface area contributed by atoms with Gasteiger partial charge in [0.1, 0.15) is 5.75 Å². The number of likely N-dealkylation sites (tertiary alicyclic amines) is 1. The first-order chi connectivity index (χ1) is 12.2. The number of ether oxygens (including phenoxy) is 1. The second-order valence-corrected chi connectivity index (χ2v) is 6.49. The highest BCUT2D eigenvalue weighted by Crippen LogP contribution is 2.19. The fourth-order valence-corrected chi connectivity index (χ4v) is 3.21. The first kappa shape index (κ1) is 17.3. The molecule has 134 valence electrons. The molecule has 0 bridgehead atoms. The molecule has 0 atom stereocenters. The summed E-state index contributed by atoms with van der Waals surface area (Å²) in [6.45, 7) is 3.24. The number of nitrogens with zero attached hydrogens (tertiary/aromatic N) is 3. The van der Waals surface area contributed by atoms with Crippen molar-refractivity contribution in [1.29, 1.82) is 0 Å². The number of methoxy groups -OCH3 is 1. The van der Waals surface area contributed by atoms with Gasteiger partial charge >= 0.3 is 6.03 Å². The monoisotopic (exact) mass is 342 g/mol. The van der Waals surface area contributed by atoms with Crippen LogP contribution in [0.4, 0.5) is 4.79 Å². The minimum absolute atomic E-state index is 0.0473. The van der Waals surface area contributed by atoms with Gasteiger partial charge in [0.15, 0.2) is 0 Å². The molecule has 1 aliphatic rings. The number of piperidine rings is 1. The van der Waals surface area contributed by atoms with Gasteiger partial charge in [0.2, 0.25) is 0 Å². The van der Waals surface area contributed by atoms with Crippen molar-refractivity contribution < 1.29 is 9.53 Å². The van der Waals surface area contributed by atoms with E-state index in [1.165, 1.54) is 5.56 Å².